The summed E-state index contributed by atoms with van der Waals surface area (Å²) in [6, 6.07) is 11.6. The molecule has 3 aromatic rings. The van der Waals surface area contributed by atoms with Gasteiger partial charge in [-0.3, -0.25) is 14.3 Å². The highest BCUT2D eigenvalue weighted by molar-refractivity contribution is 7.80. The van der Waals surface area contributed by atoms with E-state index >= 15 is 0 Å². The number of halogens is 4. The van der Waals surface area contributed by atoms with E-state index in [-0.39, 0.29) is 23.9 Å². The van der Waals surface area contributed by atoms with E-state index < -0.39 is 33.2 Å². The molecule has 0 saturated carbocycles. The van der Waals surface area contributed by atoms with Gasteiger partial charge in [0.05, 0.1) is 17.2 Å². The van der Waals surface area contributed by atoms with Gasteiger partial charge in [-0.05, 0) is 55.0 Å². The molecule has 270 valence electrons. The minimum Gasteiger partial charge on any atom is -0.457 e. The van der Waals surface area contributed by atoms with Gasteiger partial charge in [0.2, 0.25) is 0 Å². The Morgan fingerprint density at radius 2 is 1.41 bits per heavy atom. The SMILES string of the molecule is CCCCCCCCCCCCOS(=O)(=O)O.CNC(=O)c1cc(Oc2ccc(NC(=O)Nc3ccc(Cl)c(C(F)(F)F)c3)cc2)ccn1. The third kappa shape index (κ3) is 17.3. The van der Waals surface area contributed by atoms with Gasteiger partial charge in [0.15, 0.2) is 0 Å². The largest absolute Gasteiger partial charge is 0.457 e. The van der Waals surface area contributed by atoms with Crippen molar-refractivity contribution in [3.05, 3.63) is 77.1 Å². The molecule has 0 radical (unpaired) electrons. The Balaban J connectivity index is 0.000000417. The van der Waals surface area contributed by atoms with Crippen LogP contribution in [0.15, 0.2) is 60.8 Å². The molecule has 16 heteroatoms. The summed E-state index contributed by atoms with van der Waals surface area (Å²) in [6.07, 6.45) is 8.64. The maximum atomic E-state index is 12.9. The van der Waals surface area contributed by atoms with Gasteiger partial charge < -0.3 is 20.7 Å². The summed E-state index contributed by atoms with van der Waals surface area (Å²) >= 11 is 5.57. The zero-order valence-corrected chi connectivity index (χ0v) is 28.9. The highest BCUT2D eigenvalue weighted by atomic mass is 35.5. The molecule has 11 nitrogen and oxygen atoms in total. The van der Waals surface area contributed by atoms with E-state index in [2.05, 4.69) is 32.0 Å². The average molecular weight is 731 g/mol. The lowest BCUT2D eigenvalue weighted by molar-refractivity contribution is -0.137. The molecule has 0 saturated heterocycles. The number of pyridine rings is 1. The van der Waals surface area contributed by atoms with Crippen LogP contribution in [-0.4, -0.2) is 43.5 Å². The number of aromatic nitrogens is 1. The summed E-state index contributed by atoms with van der Waals surface area (Å²) < 4.78 is 77.5. The number of alkyl halides is 3. The normalized spacial score (nSPS) is 11.2. The standard InChI is InChI=1S/C21H16ClF3N4O3.C12H26O4S/c1-26-19(30)18-11-15(8-9-27-18)32-14-5-2-12(3-6-14)28-20(31)29-13-4-7-17(22)16(10-13)21(23,24)25;1-2-3-4-5-6-7-8-9-10-11-12-16-17(13,14)15/h2-11H,1H3,(H,26,30)(H2,28,29,31);2-12H2,1H3,(H,13,14,15). The molecular formula is C33H42ClF3N4O7S. The quantitative estimate of drug-likeness (QED) is 0.0791. The third-order valence-electron chi connectivity index (χ3n) is 6.80. The molecule has 0 unspecified atom stereocenters. The third-order valence-corrected chi connectivity index (χ3v) is 7.59. The number of carbonyl (C=O) groups excluding carboxylic acids is 2. The van der Waals surface area contributed by atoms with Crippen molar-refractivity contribution in [1.29, 1.82) is 0 Å². The lowest BCUT2D eigenvalue weighted by atomic mass is 10.1. The van der Waals surface area contributed by atoms with E-state index in [1.807, 2.05) is 0 Å². The fourth-order valence-corrected chi connectivity index (χ4v) is 4.89. The van der Waals surface area contributed by atoms with E-state index in [1.165, 1.54) is 70.3 Å². The first-order chi connectivity index (χ1) is 23.2. The van der Waals surface area contributed by atoms with Crippen LogP contribution in [-0.2, 0) is 20.8 Å². The van der Waals surface area contributed by atoms with Gasteiger partial charge in [-0.2, -0.15) is 21.6 Å². The number of ether oxygens (including phenoxy) is 1. The van der Waals surface area contributed by atoms with Crippen molar-refractivity contribution in [2.75, 3.05) is 24.3 Å². The number of carbonyl (C=O) groups is 2. The number of anilines is 2. The number of urea groups is 1. The minimum absolute atomic E-state index is 0.0659. The fraction of sp³-hybridized carbons (Fsp3) is 0.424. The number of benzene rings is 2. The van der Waals surface area contributed by atoms with Crippen molar-refractivity contribution in [1.82, 2.24) is 10.3 Å². The molecule has 49 heavy (non-hydrogen) atoms. The van der Waals surface area contributed by atoms with E-state index in [1.54, 1.807) is 30.3 Å². The van der Waals surface area contributed by atoms with Gasteiger partial charge in [0.1, 0.15) is 17.2 Å². The minimum atomic E-state index is -4.64. The first-order valence-electron chi connectivity index (χ1n) is 15.7. The van der Waals surface area contributed by atoms with Crippen LogP contribution in [0.2, 0.25) is 5.02 Å². The van der Waals surface area contributed by atoms with E-state index in [4.69, 9.17) is 20.9 Å². The number of amides is 3. The molecule has 0 atom stereocenters. The molecule has 0 aliphatic carbocycles. The number of nitrogens with zero attached hydrogens (tertiary/aromatic N) is 1. The van der Waals surface area contributed by atoms with Crippen LogP contribution in [0, 0.1) is 0 Å². The summed E-state index contributed by atoms with van der Waals surface area (Å²) in [5.74, 6) is 0.460. The molecule has 2 aromatic carbocycles. The molecule has 3 amide bonds. The predicted molar refractivity (Wildman–Crippen MR) is 183 cm³/mol. The summed E-state index contributed by atoms with van der Waals surface area (Å²) in [5, 5.41) is 6.83. The lowest BCUT2D eigenvalue weighted by Gasteiger charge is -2.12. The zero-order valence-electron chi connectivity index (χ0n) is 27.3. The van der Waals surface area contributed by atoms with Crippen molar-refractivity contribution >= 4 is 45.3 Å². The van der Waals surface area contributed by atoms with Gasteiger partial charge in [0.25, 0.3) is 5.91 Å². The second kappa shape index (κ2) is 21.2. The molecule has 0 bridgehead atoms. The summed E-state index contributed by atoms with van der Waals surface area (Å²) in [6.45, 7) is 2.31. The van der Waals surface area contributed by atoms with Crippen molar-refractivity contribution < 1.29 is 44.7 Å². The number of hydrogen-bond acceptors (Lipinski definition) is 7. The van der Waals surface area contributed by atoms with Gasteiger partial charge >= 0.3 is 22.6 Å². The Morgan fingerprint density at radius 3 is 1.98 bits per heavy atom. The van der Waals surface area contributed by atoms with Crippen molar-refractivity contribution in [3.8, 4) is 11.5 Å². The van der Waals surface area contributed by atoms with Gasteiger partial charge in [0, 0.05) is 30.7 Å². The van der Waals surface area contributed by atoms with Crippen molar-refractivity contribution in [2.45, 2.75) is 77.3 Å². The number of nitrogens with one attached hydrogen (secondary N) is 3. The smallest absolute Gasteiger partial charge is 0.417 e. The van der Waals surface area contributed by atoms with Gasteiger partial charge in [-0.1, -0.05) is 76.3 Å². The van der Waals surface area contributed by atoms with Crippen LogP contribution in [0.1, 0.15) is 87.2 Å². The van der Waals surface area contributed by atoms with Gasteiger partial charge in [-0.25, -0.2) is 8.98 Å². The number of unbranched alkanes of at least 4 members (excludes halogenated alkanes) is 9. The van der Waals surface area contributed by atoms with Crippen LogP contribution in [0.5, 0.6) is 11.5 Å². The Hall–Kier alpha value is -3.92. The van der Waals surface area contributed by atoms with Crippen LogP contribution in [0.25, 0.3) is 0 Å². The Morgan fingerprint density at radius 1 is 0.837 bits per heavy atom. The van der Waals surface area contributed by atoms with Crippen LogP contribution in [0.4, 0.5) is 29.3 Å². The molecular weight excluding hydrogens is 689 g/mol. The van der Waals surface area contributed by atoms with E-state index in [9.17, 15) is 31.2 Å². The average Bonchev–Trinajstić information content (AvgIpc) is 3.04. The Labute approximate surface area is 289 Å². The summed E-state index contributed by atoms with van der Waals surface area (Å²) in [4.78, 5) is 27.7. The van der Waals surface area contributed by atoms with Crippen LogP contribution >= 0.6 is 11.6 Å². The highest BCUT2D eigenvalue weighted by Gasteiger charge is 2.33. The molecule has 0 spiro atoms. The Bertz CT molecular complexity index is 1580. The van der Waals surface area contributed by atoms with Gasteiger partial charge in [-0.15, -0.1) is 0 Å². The van der Waals surface area contributed by atoms with Crippen molar-refractivity contribution in [3.63, 3.8) is 0 Å². The predicted octanol–water partition coefficient (Wildman–Crippen LogP) is 9.28. The zero-order chi connectivity index (χ0) is 36.3. The molecule has 0 aliphatic rings. The molecule has 3 rings (SSSR count). The molecule has 1 heterocycles. The van der Waals surface area contributed by atoms with Crippen molar-refractivity contribution in [2.24, 2.45) is 0 Å². The molecule has 1 aromatic heterocycles. The number of rotatable bonds is 17. The summed E-state index contributed by atoms with van der Waals surface area (Å²) in [7, 11) is -2.75. The lowest BCUT2D eigenvalue weighted by Crippen LogP contribution is -2.19. The van der Waals surface area contributed by atoms with E-state index in [0.717, 1.165) is 25.0 Å². The maximum absolute atomic E-state index is 12.9. The molecule has 4 N–H and O–H groups in total. The summed E-state index contributed by atoms with van der Waals surface area (Å²) in [5.41, 5.74) is -0.547. The first-order valence-corrected chi connectivity index (χ1v) is 17.5. The number of hydrogen-bond donors (Lipinski definition) is 4. The van der Waals surface area contributed by atoms with Crippen LogP contribution in [0.3, 0.4) is 0 Å². The Kier molecular flexibility index (Phi) is 17.9. The molecule has 0 fully saturated rings. The molecule has 0 aliphatic heterocycles. The highest BCUT2D eigenvalue weighted by Crippen LogP contribution is 2.36. The second-order valence-electron chi connectivity index (χ2n) is 10.8. The second-order valence-corrected chi connectivity index (χ2v) is 12.3. The van der Waals surface area contributed by atoms with E-state index in [0.29, 0.717) is 23.6 Å². The fourth-order valence-electron chi connectivity index (χ4n) is 4.34. The maximum Gasteiger partial charge on any atom is 0.417 e. The van der Waals surface area contributed by atoms with Crippen LogP contribution < -0.4 is 20.7 Å². The topological polar surface area (TPSA) is 156 Å². The monoisotopic (exact) mass is 730 g/mol. The first kappa shape index (κ1) is 41.3.